The zero-order chi connectivity index (χ0) is 13.9. The molecule has 1 atom stereocenters. The average Bonchev–Trinajstić information content (AvgIpc) is 2.47. The number of aryl methyl sites for hydroxylation is 1. The fraction of sp³-hybridized carbons (Fsp3) is 0.176. The number of benzene rings is 1. The third kappa shape index (κ3) is 2.68. The van der Waals surface area contributed by atoms with E-state index >= 15 is 0 Å². The predicted octanol–water partition coefficient (Wildman–Crippen LogP) is 3.18. The molecule has 3 heteroatoms. The molecule has 100 valence electrons. The molecule has 0 aliphatic rings. The minimum Gasteiger partial charge on any atom is -0.324 e. The SMILES string of the molecule is Cc1ccc2cc(C(N)Cc3cccnc3)ccc2n1. The zero-order valence-corrected chi connectivity index (χ0v) is 11.5. The fourth-order valence-corrected chi connectivity index (χ4v) is 2.37. The highest BCUT2D eigenvalue weighted by atomic mass is 14.7. The summed E-state index contributed by atoms with van der Waals surface area (Å²) in [6.07, 6.45) is 4.43. The Hall–Kier alpha value is -2.26. The Morgan fingerprint density at radius 3 is 2.85 bits per heavy atom. The molecule has 3 nitrogen and oxygen atoms in total. The summed E-state index contributed by atoms with van der Waals surface area (Å²) in [5, 5.41) is 1.13. The first kappa shape index (κ1) is 12.8. The number of nitrogens with two attached hydrogens (primary N) is 1. The second-order valence-electron chi connectivity index (χ2n) is 5.08. The van der Waals surface area contributed by atoms with Crippen molar-refractivity contribution in [1.82, 2.24) is 9.97 Å². The molecule has 0 fully saturated rings. The van der Waals surface area contributed by atoms with Crippen molar-refractivity contribution in [2.45, 2.75) is 19.4 Å². The van der Waals surface area contributed by atoms with Gasteiger partial charge in [-0.1, -0.05) is 18.2 Å². The van der Waals surface area contributed by atoms with Crippen LogP contribution >= 0.6 is 0 Å². The maximum absolute atomic E-state index is 6.30. The van der Waals surface area contributed by atoms with E-state index in [1.54, 1.807) is 6.20 Å². The molecule has 3 rings (SSSR count). The first-order chi connectivity index (χ1) is 9.72. The summed E-state index contributed by atoms with van der Waals surface area (Å²) in [7, 11) is 0. The highest BCUT2D eigenvalue weighted by molar-refractivity contribution is 5.79. The monoisotopic (exact) mass is 263 g/mol. The van der Waals surface area contributed by atoms with Crippen LogP contribution < -0.4 is 5.73 Å². The average molecular weight is 263 g/mol. The van der Waals surface area contributed by atoms with E-state index in [4.69, 9.17) is 5.73 Å². The summed E-state index contributed by atoms with van der Waals surface area (Å²) in [6.45, 7) is 2.00. The van der Waals surface area contributed by atoms with Gasteiger partial charge in [0.15, 0.2) is 0 Å². The Morgan fingerprint density at radius 1 is 1.15 bits per heavy atom. The van der Waals surface area contributed by atoms with Gasteiger partial charge in [-0.2, -0.15) is 0 Å². The van der Waals surface area contributed by atoms with Gasteiger partial charge >= 0.3 is 0 Å². The number of aromatic nitrogens is 2. The highest BCUT2D eigenvalue weighted by Crippen LogP contribution is 2.21. The molecular formula is C17H17N3. The minimum atomic E-state index is -0.0232. The number of fused-ring (bicyclic) bond motifs is 1. The number of hydrogen-bond donors (Lipinski definition) is 1. The van der Waals surface area contributed by atoms with Crippen molar-refractivity contribution in [2.24, 2.45) is 5.73 Å². The molecule has 0 aliphatic heterocycles. The Morgan fingerprint density at radius 2 is 2.05 bits per heavy atom. The summed E-state index contributed by atoms with van der Waals surface area (Å²) in [6, 6.07) is 14.3. The second kappa shape index (κ2) is 5.39. The van der Waals surface area contributed by atoms with Crippen molar-refractivity contribution < 1.29 is 0 Å². The molecule has 20 heavy (non-hydrogen) atoms. The molecule has 0 amide bonds. The van der Waals surface area contributed by atoms with Crippen LogP contribution in [0.4, 0.5) is 0 Å². The third-order valence-corrected chi connectivity index (χ3v) is 3.46. The number of pyridine rings is 2. The van der Waals surface area contributed by atoms with Crippen molar-refractivity contribution in [3.05, 3.63) is 71.7 Å². The van der Waals surface area contributed by atoms with Crippen molar-refractivity contribution >= 4 is 10.9 Å². The molecule has 0 aliphatic carbocycles. The smallest absolute Gasteiger partial charge is 0.0705 e. The maximum atomic E-state index is 6.30. The quantitative estimate of drug-likeness (QED) is 0.789. The molecule has 2 heterocycles. The summed E-state index contributed by atoms with van der Waals surface area (Å²) < 4.78 is 0. The van der Waals surface area contributed by atoms with Gasteiger partial charge in [0.2, 0.25) is 0 Å². The third-order valence-electron chi connectivity index (χ3n) is 3.46. The lowest BCUT2D eigenvalue weighted by Gasteiger charge is -2.12. The predicted molar refractivity (Wildman–Crippen MR) is 81.3 cm³/mol. The van der Waals surface area contributed by atoms with Crippen molar-refractivity contribution in [2.75, 3.05) is 0 Å². The first-order valence-electron chi connectivity index (χ1n) is 6.74. The van der Waals surface area contributed by atoms with Gasteiger partial charge in [0.1, 0.15) is 0 Å². The lowest BCUT2D eigenvalue weighted by atomic mass is 9.99. The zero-order valence-electron chi connectivity index (χ0n) is 11.5. The van der Waals surface area contributed by atoms with Gasteiger partial charge < -0.3 is 5.73 Å². The van der Waals surface area contributed by atoms with Crippen molar-refractivity contribution in [3.8, 4) is 0 Å². The molecule has 0 saturated heterocycles. The van der Waals surface area contributed by atoms with E-state index in [9.17, 15) is 0 Å². The molecule has 1 unspecified atom stereocenters. The van der Waals surface area contributed by atoms with Gasteiger partial charge in [-0.15, -0.1) is 0 Å². The molecule has 1 aromatic carbocycles. The van der Waals surface area contributed by atoms with E-state index in [1.807, 2.05) is 31.3 Å². The van der Waals surface area contributed by atoms with Crippen LogP contribution in [-0.2, 0) is 6.42 Å². The van der Waals surface area contributed by atoms with E-state index in [0.717, 1.165) is 34.1 Å². The molecule has 2 N–H and O–H groups in total. The molecule has 0 bridgehead atoms. The highest BCUT2D eigenvalue weighted by Gasteiger charge is 2.08. The van der Waals surface area contributed by atoms with Crippen LogP contribution in [0.15, 0.2) is 54.9 Å². The van der Waals surface area contributed by atoms with E-state index in [2.05, 4.69) is 34.2 Å². The maximum Gasteiger partial charge on any atom is 0.0705 e. The largest absolute Gasteiger partial charge is 0.324 e. The van der Waals surface area contributed by atoms with Crippen LogP contribution in [0.5, 0.6) is 0 Å². The van der Waals surface area contributed by atoms with Crippen LogP contribution in [-0.4, -0.2) is 9.97 Å². The normalized spacial score (nSPS) is 12.5. The van der Waals surface area contributed by atoms with Gasteiger partial charge in [-0.25, -0.2) is 0 Å². The van der Waals surface area contributed by atoms with Gasteiger partial charge in [-0.05, 0) is 48.7 Å². The second-order valence-corrected chi connectivity index (χ2v) is 5.08. The Balaban J connectivity index is 1.88. The minimum absolute atomic E-state index is 0.0232. The van der Waals surface area contributed by atoms with Gasteiger partial charge in [-0.3, -0.25) is 9.97 Å². The standard InChI is InChI=1S/C17H17N3/c1-12-4-5-15-10-14(6-7-17(15)20-12)16(18)9-13-3-2-8-19-11-13/h2-8,10-11,16H,9,18H2,1H3. The molecule has 0 spiro atoms. The number of hydrogen-bond acceptors (Lipinski definition) is 3. The van der Waals surface area contributed by atoms with Crippen LogP contribution in [0.3, 0.4) is 0 Å². The van der Waals surface area contributed by atoms with Gasteiger partial charge in [0.25, 0.3) is 0 Å². The van der Waals surface area contributed by atoms with Crippen molar-refractivity contribution in [1.29, 1.82) is 0 Å². The Labute approximate surface area is 118 Å². The van der Waals surface area contributed by atoms with Gasteiger partial charge in [0.05, 0.1) is 5.52 Å². The summed E-state index contributed by atoms with van der Waals surface area (Å²) >= 11 is 0. The van der Waals surface area contributed by atoms with Crippen LogP contribution in [0.2, 0.25) is 0 Å². The molecule has 2 aromatic heterocycles. The number of rotatable bonds is 3. The molecule has 0 saturated carbocycles. The molecule has 0 radical (unpaired) electrons. The first-order valence-corrected chi connectivity index (χ1v) is 6.74. The molecular weight excluding hydrogens is 246 g/mol. The van der Waals surface area contributed by atoms with E-state index in [0.29, 0.717) is 0 Å². The van der Waals surface area contributed by atoms with Crippen LogP contribution in [0.1, 0.15) is 22.9 Å². The molecule has 3 aromatic rings. The number of nitrogens with zero attached hydrogens (tertiary/aromatic N) is 2. The van der Waals surface area contributed by atoms with Crippen molar-refractivity contribution in [3.63, 3.8) is 0 Å². The van der Waals surface area contributed by atoms with E-state index in [-0.39, 0.29) is 6.04 Å². The summed E-state index contributed by atoms with van der Waals surface area (Å²) in [5.74, 6) is 0. The summed E-state index contributed by atoms with van der Waals surface area (Å²) in [5.41, 5.74) is 10.6. The van der Waals surface area contributed by atoms with Gasteiger partial charge in [0, 0.05) is 29.5 Å². The van der Waals surface area contributed by atoms with E-state index in [1.165, 1.54) is 0 Å². The Kier molecular flexibility index (Phi) is 3.44. The summed E-state index contributed by atoms with van der Waals surface area (Å²) in [4.78, 5) is 8.63. The lowest BCUT2D eigenvalue weighted by molar-refractivity contribution is 0.720. The van der Waals surface area contributed by atoms with E-state index < -0.39 is 0 Å². The topological polar surface area (TPSA) is 51.8 Å². The lowest BCUT2D eigenvalue weighted by Crippen LogP contribution is -2.13. The fourth-order valence-electron chi connectivity index (χ4n) is 2.37. The van der Waals surface area contributed by atoms with Crippen LogP contribution in [0, 0.1) is 6.92 Å². The van der Waals surface area contributed by atoms with Crippen LogP contribution in [0.25, 0.3) is 10.9 Å². The Bertz CT molecular complexity index is 723.